The summed E-state index contributed by atoms with van der Waals surface area (Å²) in [7, 11) is 1.05. The highest BCUT2D eigenvalue weighted by Gasteiger charge is 2.01. The van der Waals surface area contributed by atoms with E-state index in [2.05, 4.69) is 42.9 Å². The molecule has 0 fully saturated rings. The summed E-state index contributed by atoms with van der Waals surface area (Å²) in [6.45, 7) is 5.64. The quantitative estimate of drug-likeness (QED) is 0.422. The van der Waals surface area contributed by atoms with Crippen molar-refractivity contribution in [2.24, 2.45) is 4.99 Å². The Kier molecular flexibility index (Phi) is 2.60. The van der Waals surface area contributed by atoms with E-state index in [1.165, 1.54) is 11.1 Å². The summed E-state index contributed by atoms with van der Waals surface area (Å²) in [5, 5.41) is 0. The zero-order valence-electron chi connectivity index (χ0n) is 7.04. The fourth-order valence-electron chi connectivity index (χ4n) is 1.02. The Labute approximate surface area is 70.7 Å². The molecule has 1 aliphatic rings. The summed E-state index contributed by atoms with van der Waals surface area (Å²) in [6.07, 6.45) is 8.47. The Balaban J connectivity index is 2.75. The fourth-order valence-corrected chi connectivity index (χ4v) is 1.38. The van der Waals surface area contributed by atoms with E-state index >= 15 is 0 Å². The number of hydrogen-bond acceptors (Lipinski definition) is 1. The van der Waals surface area contributed by atoms with Crippen LogP contribution in [0.15, 0.2) is 40.4 Å². The normalized spacial score (nSPS) is 22.3. The van der Waals surface area contributed by atoms with E-state index in [1.807, 2.05) is 0 Å². The first-order valence-corrected chi connectivity index (χ1v) is 4.92. The smallest absolute Gasteiger partial charge is 0.0490 e. The highest BCUT2D eigenvalue weighted by molar-refractivity contribution is 6.13. The lowest BCUT2D eigenvalue weighted by molar-refractivity contribution is 1.14. The molecule has 0 amide bonds. The van der Waals surface area contributed by atoms with Crippen LogP contribution in [0.5, 0.6) is 0 Å². The van der Waals surface area contributed by atoms with Crippen LogP contribution in [0.4, 0.5) is 0 Å². The molecule has 0 saturated carbocycles. The van der Waals surface area contributed by atoms with Crippen molar-refractivity contribution in [2.45, 2.75) is 12.6 Å². The average molecular weight is 163 g/mol. The minimum Gasteiger partial charge on any atom is -0.298 e. The van der Waals surface area contributed by atoms with Gasteiger partial charge in [0.1, 0.15) is 0 Å². The Hall–Kier alpha value is -0.893. The molecule has 0 aromatic rings. The van der Waals surface area contributed by atoms with Gasteiger partial charge < -0.3 is 0 Å². The Morgan fingerprint density at radius 1 is 1.73 bits per heavy atom. The molecule has 1 rings (SSSR count). The number of rotatable bonds is 2. The van der Waals surface area contributed by atoms with E-state index in [-0.39, 0.29) is 0 Å². The average Bonchev–Trinajstić information content (AvgIpc) is 2.37. The lowest BCUT2D eigenvalue weighted by Gasteiger charge is -2.00. The maximum absolute atomic E-state index is 3.96. The van der Waals surface area contributed by atoms with Crippen molar-refractivity contribution in [1.82, 2.24) is 0 Å². The summed E-state index contributed by atoms with van der Waals surface area (Å²) in [6, 6.07) is 0. The molecule has 0 saturated heterocycles. The maximum Gasteiger partial charge on any atom is 0.0490 e. The van der Waals surface area contributed by atoms with Gasteiger partial charge in [0.2, 0.25) is 0 Å². The van der Waals surface area contributed by atoms with E-state index in [4.69, 9.17) is 0 Å². The molecule has 0 N–H and O–H groups in total. The zero-order valence-corrected chi connectivity index (χ0v) is 9.04. The van der Waals surface area contributed by atoms with Crippen LogP contribution in [-0.4, -0.2) is 22.6 Å². The largest absolute Gasteiger partial charge is 0.298 e. The minimum atomic E-state index is 0.358. The standard InChI is InChI=1S/C9H13NSi/c1-7-4-3-5-8(7)6-9(11)10-2/h3-6,9H,2H2,1,11H3/b8-6-. The topological polar surface area (TPSA) is 12.4 Å². The van der Waals surface area contributed by atoms with Crippen molar-refractivity contribution in [1.29, 1.82) is 0 Å². The summed E-state index contributed by atoms with van der Waals surface area (Å²) in [5.74, 6) is 0. The summed E-state index contributed by atoms with van der Waals surface area (Å²) >= 11 is 0. The molecule has 0 aliphatic heterocycles. The van der Waals surface area contributed by atoms with Gasteiger partial charge in [-0.15, -0.1) is 0 Å². The molecular formula is C9H13NSi. The lowest BCUT2D eigenvalue weighted by Crippen LogP contribution is -1.98. The molecule has 0 spiro atoms. The molecule has 1 nitrogen and oxygen atoms in total. The van der Waals surface area contributed by atoms with Crippen LogP contribution in [0.3, 0.4) is 0 Å². The van der Waals surface area contributed by atoms with Gasteiger partial charge >= 0.3 is 0 Å². The number of aliphatic imine (C=N–C) groups is 1. The van der Waals surface area contributed by atoms with Crippen LogP contribution in [0.2, 0.25) is 0 Å². The van der Waals surface area contributed by atoms with Gasteiger partial charge in [-0.05, 0) is 24.8 Å². The van der Waals surface area contributed by atoms with Crippen molar-refractivity contribution in [3.05, 3.63) is 35.5 Å². The highest BCUT2D eigenvalue weighted by atomic mass is 28.1. The Morgan fingerprint density at radius 3 is 2.91 bits per heavy atom. The van der Waals surface area contributed by atoms with Crippen molar-refractivity contribution < 1.29 is 0 Å². The van der Waals surface area contributed by atoms with Crippen LogP contribution in [0, 0.1) is 0 Å². The van der Waals surface area contributed by atoms with Gasteiger partial charge in [-0.25, -0.2) is 0 Å². The van der Waals surface area contributed by atoms with E-state index in [1.54, 1.807) is 0 Å². The van der Waals surface area contributed by atoms with Crippen molar-refractivity contribution in [3.63, 3.8) is 0 Å². The predicted molar refractivity (Wildman–Crippen MR) is 54.3 cm³/mol. The van der Waals surface area contributed by atoms with Gasteiger partial charge in [0.25, 0.3) is 0 Å². The number of allylic oxidation sites excluding steroid dienone is 5. The Morgan fingerprint density at radius 2 is 2.45 bits per heavy atom. The molecule has 0 heterocycles. The molecule has 1 unspecified atom stereocenters. The molecule has 11 heavy (non-hydrogen) atoms. The number of hydrogen-bond donors (Lipinski definition) is 0. The molecule has 1 aliphatic carbocycles. The first-order valence-electron chi connectivity index (χ1n) is 3.77. The van der Waals surface area contributed by atoms with E-state index in [0.29, 0.717) is 5.67 Å². The first kappa shape index (κ1) is 8.21. The third kappa shape index (κ3) is 2.02. The van der Waals surface area contributed by atoms with Crippen LogP contribution in [-0.2, 0) is 0 Å². The second kappa shape index (κ2) is 3.48. The molecule has 0 radical (unpaired) electrons. The van der Waals surface area contributed by atoms with Crippen LogP contribution < -0.4 is 0 Å². The second-order valence-electron chi connectivity index (χ2n) is 2.75. The summed E-state index contributed by atoms with van der Waals surface area (Å²) < 4.78 is 0. The molecule has 2 heteroatoms. The molecule has 0 bridgehead atoms. The van der Waals surface area contributed by atoms with Gasteiger partial charge in [-0.3, -0.25) is 4.99 Å². The Bertz CT molecular complexity index is 248. The van der Waals surface area contributed by atoms with Crippen LogP contribution in [0.1, 0.15) is 6.92 Å². The van der Waals surface area contributed by atoms with E-state index in [9.17, 15) is 0 Å². The highest BCUT2D eigenvalue weighted by Crippen LogP contribution is 2.17. The maximum atomic E-state index is 3.96. The molecule has 0 aromatic carbocycles. The second-order valence-corrected chi connectivity index (χ2v) is 3.94. The molecule has 1 atom stereocenters. The van der Waals surface area contributed by atoms with Crippen LogP contribution in [0.25, 0.3) is 0 Å². The third-order valence-electron chi connectivity index (χ3n) is 1.79. The van der Waals surface area contributed by atoms with Gasteiger partial charge in [-0.1, -0.05) is 24.3 Å². The summed E-state index contributed by atoms with van der Waals surface area (Å²) in [4.78, 5) is 3.96. The number of nitrogens with zero attached hydrogens (tertiary/aromatic N) is 1. The minimum absolute atomic E-state index is 0.358. The predicted octanol–water partition coefficient (Wildman–Crippen LogP) is 0.821. The van der Waals surface area contributed by atoms with Gasteiger partial charge in [0, 0.05) is 15.9 Å². The van der Waals surface area contributed by atoms with Crippen molar-refractivity contribution in [2.75, 3.05) is 0 Å². The zero-order chi connectivity index (χ0) is 8.27. The molecular weight excluding hydrogens is 150 g/mol. The van der Waals surface area contributed by atoms with Gasteiger partial charge in [-0.2, -0.15) is 0 Å². The monoisotopic (exact) mass is 163 g/mol. The van der Waals surface area contributed by atoms with E-state index in [0.717, 1.165) is 10.2 Å². The third-order valence-corrected chi connectivity index (χ3v) is 2.48. The van der Waals surface area contributed by atoms with Crippen molar-refractivity contribution >= 4 is 17.0 Å². The van der Waals surface area contributed by atoms with Crippen molar-refractivity contribution in [3.8, 4) is 0 Å². The SMILES string of the molecule is C=NC([SiH3])/C=C1/C=CC=C1C. The van der Waals surface area contributed by atoms with Crippen LogP contribution >= 0.6 is 0 Å². The first-order chi connectivity index (χ1) is 5.24. The van der Waals surface area contributed by atoms with E-state index < -0.39 is 0 Å². The molecule has 58 valence electrons. The van der Waals surface area contributed by atoms with Gasteiger partial charge in [0.05, 0.1) is 0 Å². The lowest BCUT2D eigenvalue weighted by atomic mass is 10.1. The molecule has 0 aromatic heterocycles. The summed E-state index contributed by atoms with van der Waals surface area (Å²) in [5.41, 5.74) is 2.99. The van der Waals surface area contributed by atoms with Gasteiger partial charge in [0.15, 0.2) is 0 Å². The fraction of sp³-hybridized carbons (Fsp3) is 0.222.